The molecule has 20 heavy (non-hydrogen) atoms. The first kappa shape index (κ1) is 15.7. The first-order valence-electron chi connectivity index (χ1n) is 5.08. The highest BCUT2D eigenvalue weighted by Gasteiger charge is 2.20. The molecule has 0 spiro atoms. The number of benzene rings is 1. The summed E-state index contributed by atoms with van der Waals surface area (Å²) >= 11 is 12.0. The lowest BCUT2D eigenvalue weighted by Gasteiger charge is -2.11. The molecule has 0 saturated heterocycles. The summed E-state index contributed by atoms with van der Waals surface area (Å²) in [6.07, 6.45) is 1.37. The van der Waals surface area contributed by atoms with Crippen molar-refractivity contribution in [2.24, 2.45) is 0 Å². The number of anilines is 1. The van der Waals surface area contributed by atoms with E-state index in [1.54, 1.807) is 0 Å². The molecular weight excluding hydrogens is 438 g/mol. The lowest BCUT2D eigenvalue weighted by atomic mass is 10.3. The van der Waals surface area contributed by atoms with Gasteiger partial charge in [0.1, 0.15) is 15.9 Å². The van der Waals surface area contributed by atoms with Crippen molar-refractivity contribution in [1.29, 1.82) is 0 Å². The minimum Gasteiger partial charge on any atom is -0.278 e. The molecule has 2 rings (SSSR count). The zero-order valence-corrected chi connectivity index (χ0v) is 14.3. The Labute approximate surface area is 136 Å². The third-order valence-electron chi connectivity index (χ3n) is 2.24. The van der Waals surface area contributed by atoms with Crippen LogP contribution in [0, 0.1) is 5.82 Å². The number of sulfonamides is 1. The second-order valence-electron chi connectivity index (χ2n) is 3.67. The van der Waals surface area contributed by atoms with Crippen molar-refractivity contribution >= 4 is 59.2 Å². The van der Waals surface area contributed by atoms with E-state index in [2.05, 4.69) is 41.6 Å². The summed E-state index contributed by atoms with van der Waals surface area (Å²) in [5.74, 6) is -0.565. The Kier molecular flexibility index (Phi) is 4.68. The summed E-state index contributed by atoms with van der Waals surface area (Å²) in [6, 6.07) is 4.97. The summed E-state index contributed by atoms with van der Waals surface area (Å²) in [5, 5.41) is -0.173. The Bertz CT molecular complexity index is 771. The molecule has 2 aromatic rings. The topological polar surface area (TPSA) is 59.1 Å². The monoisotopic (exact) mass is 442 g/mol. The summed E-state index contributed by atoms with van der Waals surface area (Å²) in [4.78, 5) is 3.54. The van der Waals surface area contributed by atoms with Gasteiger partial charge in [-0.25, -0.2) is 17.8 Å². The van der Waals surface area contributed by atoms with Gasteiger partial charge in [0.15, 0.2) is 0 Å². The van der Waals surface area contributed by atoms with E-state index in [0.29, 0.717) is 8.95 Å². The predicted molar refractivity (Wildman–Crippen MR) is 81.9 cm³/mol. The zero-order valence-electron chi connectivity index (χ0n) is 9.57. The maximum atomic E-state index is 13.2. The quantitative estimate of drug-likeness (QED) is 0.722. The lowest BCUT2D eigenvalue weighted by molar-refractivity contribution is 0.600. The Balaban J connectivity index is 2.46. The molecular formula is C11H6Br2ClFN2O2S. The fourth-order valence-corrected chi connectivity index (χ4v) is 3.86. The van der Waals surface area contributed by atoms with E-state index in [4.69, 9.17) is 11.6 Å². The fourth-order valence-electron chi connectivity index (χ4n) is 1.37. The standard InChI is InChI=1S/C11H6Br2ClFN2O2S/c12-6-3-10(11(14)16-5-6)20(18,19)17-9-4-7(15)1-2-8(9)13/h1-5,17H. The number of nitrogens with zero attached hydrogens (tertiary/aromatic N) is 1. The number of hydrogen-bond donors (Lipinski definition) is 1. The predicted octanol–water partition coefficient (Wildman–Crippen LogP) is 4.20. The Morgan fingerprint density at radius 1 is 1.25 bits per heavy atom. The molecule has 0 atom stereocenters. The van der Waals surface area contributed by atoms with Crippen LogP contribution in [0.15, 0.2) is 44.3 Å². The molecule has 0 aliphatic carbocycles. The first-order valence-corrected chi connectivity index (χ1v) is 8.53. The molecule has 0 bridgehead atoms. The fraction of sp³-hybridized carbons (Fsp3) is 0. The van der Waals surface area contributed by atoms with Gasteiger partial charge in [-0.3, -0.25) is 4.72 Å². The maximum Gasteiger partial charge on any atom is 0.265 e. The van der Waals surface area contributed by atoms with Gasteiger partial charge in [0, 0.05) is 15.1 Å². The number of hydrogen-bond acceptors (Lipinski definition) is 3. The van der Waals surface area contributed by atoms with Crippen LogP contribution in [0.4, 0.5) is 10.1 Å². The normalized spacial score (nSPS) is 11.4. The molecule has 0 aliphatic heterocycles. The maximum absolute atomic E-state index is 13.2. The van der Waals surface area contributed by atoms with Crippen LogP contribution < -0.4 is 4.72 Å². The van der Waals surface area contributed by atoms with Gasteiger partial charge in [-0.2, -0.15) is 0 Å². The summed E-state index contributed by atoms with van der Waals surface area (Å²) < 4.78 is 40.8. The SMILES string of the molecule is O=S(=O)(Nc1cc(F)ccc1Br)c1cc(Br)cnc1Cl. The van der Waals surface area contributed by atoms with Crippen molar-refractivity contribution in [2.45, 2.75) is 4.90 Å². The molecule has 0 radical (unpaired) electrons. The van der Waals surface area contributed by atoms with E-state index in [0.717, 1.165) is 6.07 Å². The highest BCUT2D eigenvalue weighted by atomic mass is 79.9. The average Bonchev–Trinajstić information content (AvgIpc) is 2.36. The second-order valence-corrected chi connectivity index (χ2v) is 7.45. The number of rotatable bonds is 3. The zero-order chi connectivity index (χ0) is 14.9. The number of aromatic nitrogens is 1. The second kappa shape index (κ2) is 5.97. The van der Waals surface area contributed by atoms with E-state index in [9.17, 15) is 12.8 Å². The molecule has 106 valence electrons. The van der Waals surface area contributed by atoms with Gasteiger partial charge in [0.05, 0.1) is 5.69 Å². The summed E-state index contributed by atoms with van der Waals surface area (Å²) in [7, 11) is -3.98. The molecule has 1 aromatic heterocycles. The van der Waals surface area contributed by atoms with Crippen molar-refractivity contribution in [2.75, 3.05) is 4.72 Å². The third kappa shape index (κ3) is 3.49. The molecule has 0 fully saturated rings. The van der Waals surface area contributed by atoms with Gasteiger partial charge >= 0.3 is 0 Å². The summed E-state index contributed by atoms with van der Waals surface area (Å²) in [6.45, 7) is 0. The smallest absolute Gasteiger partial charge is 0.265 e. The Morgan fingerprint density at radius 2 is 1.95 bits per heavy atom. The van der Waals surface area contributed by atoms with Crippen LogP contribution in [0.25, 0.3) is 0 Å². The minimum absolute atomic E-state index is 0.0704. The minimum atomic E-state index is -3.98. The van der Waals surface area contributed by atoms with Gasteiger partial charge in [0.25, 0.3) is 10.0 Å². The average molecular weight is 445 g/mol. The molecule has 0 saturated carbocycles. The van der Waals surface area contributed by atoms with Gasteiger partial charge < -0.3 is 0 Å². The molecule has 1 heterocycles. The largest absolute Gasteiger partial charge is 0.278 e. The Morgan fingerprint density at radius 3 is 2.65 bits per heavy atom. The van der Waals surface area contributed by atoms with Gasteiger partial charge in [-0.1, -0.05) is 11.6 Å². The highest BCUT2D eigenvalue weighted by molar-refractivity contribution is 9.10. The van der Waals surface area contributed by atoms with Crippen LogP contribution in [-0.4, -0.2) is 13.4 Å². The van der Waals surface area contributed by atoms with Crippen LogP contribution in [0.1, 0.15) is 0 Å². The molecule has 1 N–H and O–H groups in total. The molecule has 0 unspecified atom stereocenters. The van der Waals surface area contributed by atoms with Crippen LogP contribution in [-0.2, 0) is 10.0 Å². The molecule has 0 aliphatic rings. The first-order chi connectivity index (χ1) is 9.29. The third-order valence-corrected chi connectivity index (χ3v) is 5.15. The van der Waals surface area contributed by atoms with Crippen molar-refractivity contribution in [3.05, 3.63) is 50.4 Å². The highest BCUT2D eigenvalue weighted by Crippen LogP contribution is 2.28. The van der Waals surface area contributed by atoms with E-state index in [1.807, 2.05) is 0 Å². The number of halogens is 4. The lowest BCUT2D eigenvalue weighted by Crippen LogP contribution is -2.14. The van der Waals surface area contributed by atoms with Crippen LogP contribution in [0.5, 0.6) is 0 Å². The van der Waals surface area contributed by atoms with E-state index in [-0.39, 0.29) is 15.7 Å². The molecule has 1 aromatic carbocycles. The van der Waals surface area contributed by atoms with Crippen LogP contribution >= 0.6 is 43.5 Å². The number of pyridine rings is 1. The van der Waals surface area contributed by atoms with Crippen molar-refractivity contribution in [3.8, 4) is 0 Å². The van der Waals surface area contributed by atoms with E-state index in [1.165, 1.54) is 24.4 Å². The Hall–Kier alpha value is -0.700. The number of nitrogens with one attached hydrogen (secondary N) is 1. The van der Waals surface area contributed by atoms with Crippen LogP contribution in [0.3, 0.4) is 0 Å². The molecule has 9 heteroatoms. The molecule has 4 nitrogen and oxygen atoms in total. The molecule has 0 amide bonds. The van der Waals surface area contributed by atoms with E-state index < -0.39 is 15.8 Å². The van der Waals surface area contributed by atoms with Gasteiger partial charge in [-0.15, -0.1) is 0 Å². The summed E-state index contributed by atoms with van der Waals surface area (Å²) in [5.41, 5.74) is 0.0704. The van der Waals surface area contributed by atoms with Crippen molar-refractivity contribution in [3.63, 3.8) is 0 Å². The van der Waals surface area contributed by atoms with E-state index >= 15 is 0 Å². The van der Waals surface area contributed by atoms with Gasteiger partial charge in [0.2, 0.25) is 0 Å². The van der Waals surface area contributed by atoms with Crippen molar-refractivity contribution in [1.82, 2.24) is 4.98 Å². The van der Waals surface area contributed by atoms with Gasteiger partial charge in [-0.05, 0) is 56.1 Å². The van der Waals surface area contributed by atoms with Crippen LogP contribution in [0.2, 0.25) is 5.15 Å². The van der Waals surface area contributed by atoms with Crippen molar-refractivity contribution < 1.29 is 12.8 Å².